The Morgan fingerprint density at radius 2 is 2.00 bits per heavy atom. The molecule has 1 aromatic heterocycles. The van der Waals surface area contributed by atoms with Gasteiger partial charge in [0.05, 0.1) is 18.0 Å². The van der Waals surface area contributed by atoms with Crippen molar-refractivity contribution < 1.29 is 9.21 Å². The minimum Gasteiger partial charge on any atom is -0.468 e. The average Bonchev–Trinajstić information content (AvgIpc) is 3.37. The summed E-state index contributed by atoms with van der Waals surface area (Å²) in [5, 5.41) is 9.52. The molecule has 1 aliphatic rings. The Labute approximate surface area is 160 Å². The zero-order valence-corrected chi connectivity index (χ0v) is 16.3. The number of furan rings is 1. The van der Waals surface area contributed by atoms with E-state index in [1.54, 1.807) is 6.26 Å². The Kier molecular flexibility index (Phi) is 6.29. The topological polar surface area (TPSA) is 61.1 Å². The third-order valence-corrected chi connectivity index (χ3v) is 4.99. The third-order valence-electron chi connectivity index (χ3n) is 4.99. The van der Waals surface area contributed by atoms with Gasteiger partial charge in [-0.15, -0.1) is 0 Å². The summed E-state index contributed by atoms with van der Waals surface area (Å²) in [5.74, 6) is 0.794. The van der Waals surface area contributed by atoms with Crippen LogP contribution in [0.15, 0.2) is 52.2 Å². The lowest BCUT2D eigenvalue weighted by Gasteiger charge is -2.28. The average molecular weight is 368 g/mol. The number of carbonyl (C=O) groups excluding carboxylic acids is 1. The van der Waals surface area contributed by atoms with Crippen molar-refractivity contribution in [1.29, 1.82) is 0 Å². The van der Waals surface area contributed by atoms with Gasteiger partial charge in [0.1, 0.15) is 5.76 Å². The van der Waals surface area contributed by atoms with E-state index in [9.17, 15) is 4.79 Å². The minimum absolute atomic E-state index is 0.0279. The van der Waals surface area contributed by atoms with Gasteiger partial charge >= 0.3 is 0 Å². The molecule has 6 nitrogen and oxygen atoms in total. The Morgan fingerprint density at radius 1 is 1.26 bits per heavy atom. The van der Waals surface area contributed by atoms with E-state index in [1.165, 1.54) is 0 Å². The number of nitrogens with one attached hydrogen (secondary N) is 1. The van der Waals surface area contributed by atoms with Crippen LogP contribution in [0.4, 0.5) is 5.69 Å². The summed E-state index contributed by atoms with van der Waals surface area (Å²) < 4.78 is 5.59. The van der Waals surface area contributed by atoms with Crippen LogP contribution in [0, 0.1) is 0 Å². The van der Waals surface area contributed by atoms with Gasteiger partial charge < -0.3 is 9.73 Å². The highest BCUT2D eigenvalue weighted by molar-refractivity contribution is 5.94. The van der Waals surface area contributed by atoms with E-state index in [-0.39, 0.29) is 11.9 Å². The maximum Gasteiger partial charge on any atom is 0.251 e. The van der Waals surface area contributed by atoms with E-state index in [2.05, 4.69) is 29.2 Å². The van der Waals surface area contributed by atoms with Gasteiger partial charge in [0.25, 0.3) is 5.91 Å². The van der Waals surface area contributed by atoms with Gasteiger partial charge in [0.2, 0.25) is 0 Å². The number of amides is 1. The van der Waals surface area contributed by atoms with Crippen LogP contribution in [0.3, 0.4) is 0 Å². The summed E-state index contributed by atoms with van der Waals surface area (Å²) in [6.07, 6.45) is 2.66. The number of anilines is 1. The van der Waals surface area contributed by atoms with Crippen LogP contribution in [-0.2, 0) is 0 Å². The molecular weight excluding hydrogens is 340 g/mol. The Morgan fingerprint density at radius 3 is 2.56 bits per heavy atom. The molecule has 27 heavy (non-hydrogen) atoms. The van der Waals surface area contributed by atoms with Crippen molar-refractivity contribution in [2.24, 2.45) is 5.10 Å². The molecule has 1 atom stereocenters. The molecule has 0 fully saturated rings. The standard InChI is InChI=1S/C21H28N4O2/c1-4-24(5-2)19(20-7-6-14-27-20)15-22-21(26)17-8-10-18(11-9-17)25-13-12-16(3)23-25/h6-11,14,19H,4-5,12-13,15H2,1-3H3,(H,22,26). The number of nitrogens with zero attached hydrogens (tertiary/aromatic N) is 3. The summed E-state index contributed by atoms with van der Waals surface area (Å²) in [6.45, 7) is 9.44. The summed E-state index contributed by atoms with van der Waals surface area (Å²) in [6, 6.07) is 11.5. The molecule has 2 heterocycles. The van der Waals surface area contributed by atoms with E-state index in [4.69, 9.17) is 4.42 Å². The van der Waals surface area contributed by atoms with Crippen LogP contribution < -0.4 is 10.3 Å². The molecule has 2 aromatic rings. The molecule has 0 spiro atoms. The van der Waals surface area contributed by atoms with Gasteiger partial charge in [-0.3, -0.25) is 14.7 Å². The van der Waals surface area contributed by atoms with Gasteiger partial charge in [-0.25, -0.2) is 0 Å². The predicted molar refractivity (Wildman–Crippen MR) is 108 cm³/mol. The van der Waals surface area contributed by atoms with E-state index in [0.717, 1.165) is 43.2 Å². The van der Waals surface area contributed by atoms with Crippen LogP contribution in [0.1, 0.15) is 49.4 Å². The lowest BCUT2D eigenvalue weighted by Crippen LogP contribution is -2.37. The van der Waals surface area contributed by atoms with Crippen molar-refractivity contribution in [2.45, 2.75) is 33.2 Å². The first-order valence-corrected chi connectivity index (χ1v) is 9.59. The zero-order valence-electron chi connectivity index (χ0n) is 16.3. The van der Waals surface area contributed by atoms with E-state index in [0.29, 0.717) is 12.1 Å². The van der Waals surface area contributed by atoms with Crippen LogP contribution >= 0.6 is 0 Å². The molecule has 1 N–H and O–H groups in total. The maximum atomic E-state index is 12.6. The van der Waals surface area contributed by atoms with Crippen LogP contribution in [0.5, 0.6) is 0 Å². The Balaban J connectivity index is 1.63. The van der Waals surface area contributed by atoms with Crippen molar-refractivity contribution >= 4 is 17.3 Å². The second kappa shape index (κ2) is 8.86. The van der Waals surface area contributed by atoms with Gasteiger partial charge in [0, 0.05) is 30.8 Å². The monoisotopic (exact) mass is 368 g/mol. The molecule has 0 saturated heterocycles. The van der Waals surface area contributed by atoms with Crippen molar-refractivity contribution in [2.75, 3.05) is 31.2 Å². The van der Waals surface area contributed by atoms with E-state index in [1.807, 2.05) is 48.3 Å². The molecule has 0 saturated carbocycles. The summed E-state index contributed by atoms with van der Waals surface area (Å²) in [7, 11) is 0. The van der Waals surface area contributed by atoms with Gasteiger partial charge in [-0.1, -0.05) is 13.8 Å². The smallest absolute Gasteiger partial charge is 0.251 e. The number of rotatable bonds is 8. The highest BCUT2D eigenvalue weighted by Crippen LogP contribution is 2.22. The van der Waals surface area contributed by atoms with Gasteiger partial charge in [0.15, 0.2) is 0 Å². The maximum absolute atomic E-state index is 12.6. The molecule has 1 unspecified atom stereocenters. The second-order valence-electron chi connectivity index (χ2n) is 6.72. The second-order valence-corrected chi connectivity index (χ2v) is 6.72. The van der Waals surface area contributed by atoms with Crippen molar-refractivity contribution in [3.63, 3.8) is 0 Å². The quantitative estimate of drug-likeness (QED) is 0.772. The fourth-order valence-electron chi connectivity index (χ4n) is 3.39. The summed E-state index contributed by atoms with van der Waals surface area (Å²) >= 11 is 0. The normalized spacial score (nSPS) is 15.1. The van der Waals surface area contributed by atoms with Crippen molar-refractivity contribution in [1.82, 2.24) is 10.2 Å². The summed E-state index contributed by atoms with van der Waals surface area (Å²) in [4.78, 5) is 14.9. The molecule has 0 radical (unpaired) electrons. The molecule has 144 valence electrons. The third kappa shape index (κ3) is 4.57. The first-order chi connectivity index (χ1) is 13.1. The number of carbonyl (C=O) groups is 1. The molecule has 0 bridgehead atoms. The molecular formula is C21H28N4O2. The highest BCUT2D eigenvalue weighted by Gasteiger charge is 2.21. The fourth-order valence-corrected chi connectivity index (χ4v) is 3.39. The SMILES string of the molecule is CCN(CC)C(CNC(=O)c1ccc(N2CCC(C)=N2)cc1)c1ccco1. The molecule has 1 amide bonds. The first kappa shape index (κ1) is 19.2. The molecule has 0 aliphatic carbocycles. The van der Waals surface area contributed by atoms with Crippen LogP contribution in [0.25, 0.3) is 0 Å². The van der Waals surface area contributed by atoms with E-state index >= 15 is 0 Å². The first-order valence-electron chi connectivity index (χ1n) is 9.59. The zero-order chi connectivity index (χ0) is 19.2. The molecule has 1 aromatic carbocycles. The number of likely N-dealkylation sites (N-methyl/N-ethyl adjacent to an activating group) is 1. The van der Waals surface area contributed by atoms with Crippen LogP contribution in [-0.4, -0.2) is 42.7 Å². The Bertz CT molecular complexity index is 764. The minimum atomic E-state index is -0.0774. The predicted octanol–water partition coefficient (Wildman–Crippen LogP) is 3.68. The molecule has 3 rings (SSSR count). The van der Waals surface area contributed by atoms with Crippen molar-refractivity contribution in [3.8, 4) is 0 Å². The van der Waals surface area contributed by atoms with Crippen LogP contribution in [0.2, 0.25) is 0 Å². The summed E-state index contributed by atoms with van der Waals surface area (Å²) in [5.41, 5.74) is 2.80. The number of hydrogen-bond acceptors (Lipinski definition) is 5. The number of benzene rings is 1. The number of hydrazone groups is 1. The lowest BCUT2D eigenvalue weighted by molar-refractivity contribution is 0.0929. The van der Waals surface area contributed by atoms with E-state index < -0.39 is 0 Å². The Hall–Kier alpha value is -2.60. The van der Waals surface area contributed by atoms with Gasteiger partial charge in [-0.05, 0) is 56.4 Å². The largest absolute Gasteiger partial charge is 0.468 e. The van der Waals surface area contributed by atoms with Gasteiger partial charge in [-0.2, -0.15) is 5.10 Å². The molecule has 6 heteroatoms. The lowest BCUT2D eigenvalue weighted by atomic mass is 10.1. The fraction of sp³-hybridized carbons (Fsp3) is 0.429. The van der Waals surface area contributed by atoms with Crippen molar-refractivity contribution in [3.05, 3.63) is 54.0 Å². The number of hydrogen-bond donors (Lipinski definition) is 1. The molecule has 1 aliphatic heterocycles. The highest BCUT2D eigenvalue weighted by atomic mass is 16.3.